The number of rotatable bonds is 3. The van der Waals surface area contributed by atoms with Gasteiger partial charge < -0.3 is 14.8 Å². The molecule has 20 heavy (non-hydrogen) atoms. The van der Waals surface area contributed by atoms with Gasteiger partial charge >= 0.3 is 7.12 Å². The molecule has 0 aliphatic carbocycles. The summed E-state index contributed by atoms with van der Waals surface area (Å²) in [6.07, 6.45) is 0.141. The Bertz CT molecular complexity index is 481. The first-order valence-corrected chi connectivity index (χ1v) is 6.81. The molecule has 1 aliphatic heterocycles. The van der Waals surface area contributed by atoms with Crippen LogP contribution in [-0.4, -0.2) is 46.9 Å². The quantitative estimate of drug-likeness (QED) is 0.792. The summed E-state index contributed by atoms with van der Waals surface area (Å²) < 4.78 is 19.3. The Balaban J connectivity index is 2.12. The number of hydrogen-bond donors (Lipinski definition) is 2. The lowest BCUT2D eigenvalue weighted by molar-refractivity contribution is -0.130. The first kappa shape index (κ1) is 15.4. The minimum Gasteiger partial charge on any atom is -0.423 e. The van der Waals surface area contributed by atoms with E-state index in [1.807, 2.05) is 20.8 Å². The van der Waals surface area contributed by atoms with Gasteiger partial charge in [0.1, 0.15) is 5.82 Å². The van der Waals surface area contributed by atoms with Crippen LogP contribution in [0.1, 0.15) is 26.3 Å². The van der Waals surface area contributed by atoms with E-state index >= 15 is 0 Å². The zero-order valence-electron chi connectivity index (χ0n) is 12.1. The molecule has 0 bridgehead atoms. The Hall–Kier alpha value is -0.945. The van der Waals surface area contributed by atoms with Crippen molar-refractivity contribution >= 4 is 12.6 Å². The van der Waals surface area contributed by atoms with Crippen molar-refractivity contribution < 1.29 is 19.2 Å². The topological polar surface area (TPSA) is 52.9 Å². The van der Waals surface area contributed by atoms with Crippen molar-refractivity contribution in [1.82, 2.24) is 4.90 Å². The smallest absolute Gasteiger partial charge is 0.423 e. The predicted molar refractivity (Wildman–Crippen MR) is 76.1 cm³/mol. The van der Waals surface area contributed by atoms with Gasteiger partial charge in [0.2, 0.25) is 0 Å². The van der Waals surface area contributed by atoms with Crippen molar-refractivity contribution in [2.75, 3.05) is 13.1 Å². The monoisotopic (exact) mass is 281 g/mol. The van der Waals surface area contributed by atoms with E-state index in [-0.39, 0.29) is 17.2 Å². The molecule has 4 nitrogen and oxygen atoms in total. The molecule has 2 rings (SSSR count). The van der Waals surface area contributed by atoms with Crippen molar-refractivity contribution in [2.45, 2.75) is 39.0 Å². The number of benzene rings is 1. The standard InChI is InChI=1S/C14H21BFNO3/c1-10-7-17(9-14(2,3)20-10)8-11-4-5-13(16)12(6-11)15(18)19/h4-6,10,18-19H,7-9H2,1-3H3. The average molecular weight is 281 g/mol. The second-order valence-electron chi connectivity index (χ2n) is 6.09. The van der Waals surface area contributed by atoms with E-state index in [1.165, 1.54) is 12.1 Å². The van der Waals surface area contributed by atoms with Gasteiger partial charge in [-0.1, -0.05) is 12.1 Å². The minimum atomic E-state index is -1.78. The van der Waals surface area contributed by atoms with Crippen LogP contribution in [0.4, 0.5) is 4.39 Å². The second-order valence-corrected chi connectivity index (χ2v) is 6.09. The van der Waals surface area contributed by atoms with Crippen LogP contribution in [0.15, 0.2) is 18.2 Å². The van der Waals surface area contributed by atoms with E-state index in [0.29, 0.717) is 6.54 Å². The van der Waals surface area contributed by atoms with Crippen LogP contribution < -0.4 is 5.46 Å². The summed E-state index contributed by atoms with van der Waals surface area (Å²) in [5, 5.41) is 18.3. The third-order valence-corrected chi connectivity index (χ3v) is 3.38. The molecule has 110 valence electrons. The van der Waals surface area contributed by atoms with Gasteiger partial charge in [0.25, 0.3) is 0 Å². The number of nitrogens with zero attached hydrogens (tertiary/aromatic N) is 1. The van der Waals surface area contributed by atoms with E-state index in [1.54, 1.807) is 6.07 Å². The molecule has 1 aromatic carbocycles. The molecule has 0 radical (unpaired) electrons. The first-order chi connectivity index (χ1) is 9.27. The normalized spacial score (nSPS) is 22.8. The van der Waals surface area contributed by atoms with Crippen LogP contribution in [0.25, 0.3) is 0 Å². The maximum absolute atomic E-state index is 13.4. The average Bonchev–Trinajstić information content (AvgIpc) is 2.28. The van der Waals surface area contributed by atoms with E-state index in [4.69, 9.17) is 14.8 Å². The molecule has 1 aliphatic rings. The summed E-state index contributed by atoms with van der Waals surface area (Å²) in [4.78, 5) is 2.23. The van der Waals surface area contributed by atoms with Gasteiger partial charge in [0.05, 0.1) is 11.7 Å². The fourth-order valence-electron chi connectivity index (χ4n) is 2.85. The van der Waals surface area contributed by atoms with Crippen molar-refractivity contribution in [3.05, 3.63) is 29.6 Å². The van der Waals surface area contributed by atoms with E-state index in [0.717, 1.165) is 18.7 Å². The van der Waals surface area contributed by atoms with Crippen molar-refractivity contribution in [1.29, 1.82) is 0 Å². The summed E-state index contributed by atoms with van der Waals surface area (Å²) in [5.74, 6) is -0.598. The Morgan fingerprint density at radius 2 is 2.15 bits per heavy atom. The van der Waals surface area contributed by atoms with Crippen LogP contribution in [0.5, 0.6) is 0 Å². The Morgan fingerprint density at radius 3 is 2.75 bits per heavy atom. The predicted octanol–water partition coefficient (Wildman–Crippen LogP) is 0.505. The summed E-state index contributed by atoms with van der Waals surface area (Å²) >= 11 is 0. The van der Waals surface area contributed by atoms with E-state index < -0.39 is 12.9 Å². The van der Waals surface area contributed by atoms with Gasteiger partial charge in [-0.25, -0.2) is 4.39 Å². The highest BCUT2D eigenvalue weighted by Crippen LogP contribution is 2.22. The van der Waals surface area contributed by atoms with Crippen LogP contribution in [0.2, 0.25) is 0 Å². The van der Waals surface area contributed by atoms with Gasteiger partial charge in [-0.2, -0.15) is 0 Å². The molecular formula is C14H21BFNO3. The fraction of sp³-hybridized carbons (Fsp3) is 0.571. The first-order valence-electron chi connectivity index (χ1n) is 6.81. The number of halogens is 1. The zero-order chi connectivity index (χ0) is 14.9. The van der Waals surface area contributed by atoms with Gasteiger partial charge in [0.15, 0.2) is 0 Å². The lowest BCUT2D eigenvalue weighted by Crippen LogP contribution is -2.51. The van der Waals surface area contributed by atoms with Crippen LogP contribution in [0, 0.1) is 5.82 Å². The van der Waals surface area contributed by atoms with Gasteiger partial charge in [-0.3, -0.25) is 4.90 Å². The second kappa shape index (κ2) is 5.81. The Kier molecular flexibility index (Phi) is 4.49. The number of morpholine rings is 1. The lowest BCUT2D eigenvalue weighted by atomic mass is 9.79. The number of ether oxygens (including phenoxy) is 1. The summed E-state index contributed by atoms with van der Waals surface area (Å²) in [7, 11) is -1.78. The Morgan fingerprint density at radius 1 is 1.45 bits per heavy atom. The highest BCUT2D eigenvalue weighted by atomic mass is 19.1. The molecule has 1 heterocycles. The van der Waals surface area contributed by atoms with Crippen LogP contribution >= 0.6 is 0 Å². The molecule has 0 aromatic heterocycles. The van der Waals surface area contributed by atoms with E-state index in [9.17, 15) is 4.39 Å². The molecule has 1 unspecified atom stereocenters. The van der Waals surface area contributed by atoms with Gasteiger partial charge in [-0.15, -0.1) is 0 Å². The summed E-state index contributed by atoms with van der Waals surface area (Å²) in [6.45, 7) is 8.34. The van der Waals surface area contributed by atoms with Gasteiger partial charge in [-0.05, 0) is 32.4 Å². The van der Waals surface area contributed by atoms with Crippen LogP contribution in [-0.2, 0) is 11.3 Å². The van der Waals surface area contributed by atoms with Gasteiger partial charge in [0, 0.05) is 25.1 Å². The third kappa shape index (κ3) is 3.79. The Labute approximate surface area is 119 Å². The SMILES string of the molecule is CC1CN(Cc2ccc(F)c(B(O)O)c2)CC(C)(C)O1. The lowest BCUT2D eigenvalue weighted by Gasteiger charge is -2.41. The fourth-order valence-corrected chi connectivity index (χ4v) is 2.85. The number of hydrogen-bond acceptors (Lipinski definition) is 4. The van der Waals surface area contributed by atoms with E-state index in [2.05, 4.69) is 4.90 Å². The maximum atomic E-state index is 13.4. The molecule has 1 fully saturated rings. The summed E-state index contributed by atoms with van der Waals surface area (Å²) in [5.41, 5.74) is 0.569. The third-order valence-electron chi connectivity index (χ3n) is 3.38. The van der Waals surface area contributed by atoms with Crippen molar-refractivity contribution in [2.24, 2.45) is 0 Å². The molecular weight excluding hydrogens is 260 g/mol. The highest BCUT2D eigenvalue weighted by Gasteiger charge is 2.31. The zero-order valence-corrected chi connectivity index (χ0v) is 12.1. The molecule has 0 spiro atoms. The largest absolute Gasteiger partial charge is 0.491 e. The maximum Gasteiger partial charge on any atom is 0.491 e. The van der Waals surface area contributed by atoms with Crippen molar-refractivity contribution in [3.63, 3.8) is 0 Å². The highest BCUT2D eigenvalue weighted by molar-refractivity contribution is 6.58. The van der Waals surface area contributed by atoms with Crippen molar-refractivity contribution in [3.8, 4) is 0 Å². The molecule has 0 amide bonds. The molecule has 1 aromatic rings. The molecule has 1 atom stereocenters. The minimum absolute atomic E-state index is 0.0805. The molecule has 1 saturated heterocycles. The molecule has 2 N–H and O–H groups in total. The molecule has 6 heteroatoms. The molecule has 0 saturated carbocycles. The van der Waals surface area contributed by atoms with Crippen LogP contribution in [0.3, 0.4) is 0 Å². The summed E-state index contributed by atoms with van der Waals surface area (Å²) in [6, 6.07) is 4.46.